The molecule has 1 fully saturated rings. The average Bonchev–Trinajstić information content (AvgIpc) is 2.95. The van der Waals surface area contributed by atoms with Crippen molar-refractivity contribution in [2.24, 2.45) is 10.6 Å². The predicted octanol–water partition coefficient (Wildman–Crippen LogP) is 4.17. The zero-order chi connectivity index (χ0) is 20.3. The van der Waals surface area contributed by atoms with Gasteiger partial charge in [0, 0.05) is 23.5 Å². The van der Waals surface area contributed by atoms with Crippen LogP contribution >= 0.6 is 0 Å². The summed E-state index contributed by atoms with van der Waals surface area (Å²) < 4.78 is 55.6. The fourth-order valence-corrected chi connectivity index (χ4v) is 4.35. The number of sulfonamides is 1. The summed E-state index contributed by atoms with van der Waals surface area (Å²) in [6.07, 6.45) is 1.36. The molecular weight excluding hydrogens is 386 g/mol. The molecule has 0 saturated heterocycles. The lowest BCUT2D eigenvalue weighted by Crippen LogP contribution is -2.11. The molecule has 28 heavy (non-hydrogen) atoms. The van der Waals surface area contributed by atoms with E-state index in [1.165, 1.54) is 30.5 Å². The highest BCUT2D eigenvalue weighted by molar-refractivity contribution is 7.89. The van der Waals surface area contributed by atoms with E-state index in [0.29, 0.717) is 11.6 Å². The summed E-state index contributed by atoms with van der Waals surface area (Å²) in [7, 11) is -3.75. The molecule has 2 N–H and O–H groups in total. The number of hydrogen-bond donors (Lipinski definition) is 1. The highest BCUT2D eigenvalue weighted by atomic mass is 32.2. The van der Waals surface area contributed by atoms with Gasteiger partial charge in [-0.1, -0.05) is 26.0 Å². The second-order valence-corrected chi connectivity index (χ2v) is 9.15. The van der Waals surface area contributed by atoms with Gasteiger partial charge in [0.15, 0.2) is 5.89 Å². The number of nitrogens with zero attached hydrogens (tertiary/aromatic N) is 1. The molecule has 0 aliphatic heterocycles. The molecule has 0 radical (unpaired) electrons. The Morgan fingerprint density at radius 2 is 1.75 bits per heavy atom. The Kier molecular flexibility index (Phi) is 4.17. The highest BCUT2D eigenvalue weighted by Crippen LogP contribution is 2.69. The molecule has 1 aliphatic rings. The molecule has 0 amide bonds. The number of nitrogens with two attached hydrogens (primary N) is 1. The molecule has 0 unspecified atom stereocenters. The van der Waals surface area contributed by atoms with Crippen LogP contribution in [0.1, 0.15) is 37.1 Å². The van der Waals surface area contributed by atoms with Crippen LogP contribution in [0.4, 0.5) is 8.78 Å². The molecule has 0 spiro atoms. The minimum atomic E-state index is -3.75. The molecule has 1 saturated carbocycles. The number of oxazole rings is 1. The van der Waals surface area contributed by atoms with Crippen molar-refractivity contribution < 1.29 is 21.6 Å². The van der Waals surface area contributed by atoms with Crippen LogP contribution in [0.5, 0.6) is 0 Å². The van der Waals surface area contributed by atoms with E-state index in [0.717, 1.165) is 11.6 Å². The molecule has 3 aromatic rings. The molecule has 0 bridgehead atoms. The zero-order valence-corrected chi connectivity index (χ0v) is 16.0. The predicted molar refractivity (Wildman–Crippen MR) is 98.9 cm³/mol. The normalized spacial score (nSPS) is 20.9. The average molecular weight is 404 g/mol. The number of rotatable bonds is 4. The number of hydrogen-bond acceptors (Lipinski definition) is 4. The SMILES string of the molecule is CC1(C)[C@H](c2ccc(S(N)(=O)=O)cc2)[C@H]1c1nc(-c2ccc(F)cc2F)co1. The molecule has 1 aliphatic carbocycles. The molecule has 4 rings (SSSR count). The second kappa shape index (κ2) is 6.22. The van der Waals surface area contributed by atoms with Crippen LogP contribution in [0.15, 0.2) is 58.0 Å². The third kappa shape index (κ3) is 3.12. The lowest BCUT2D eigenvalue weighted by molar-refractivity contribution is 0.467. The summed E-state index contributed by atoms with van der Waals surface area (Å²) in [6, 6.07) is 9.72. The maximum atomic E-state index is 14.0. The van der Waals surface area contributed by atoms with Gasteiger partial charge in [-0.15, -0.1) is 0 Å². The quantitative estimate of drug-likeness (QED) is 0.707. The van der Waals surface area contributed by atoms with Gasteiger partial charge in [-0.2, -0.15) is 0 Å². The smallest absolute Gasteiger partial charge is 0.238 e. The molecule has 1 aromatic heterocycles. The maximum Gasteiger partial charge on any atom is 0.238 e. The van der Waals surface area contributed by atoms with Crippen molar-refractivity contribution >= 4 is 10.0 Å². The lowest BCUT2D eigenvalue weighted by atomic mass is 10.0. The molecule has 8 heteroatoms. The molecule has 2 atom stereocenters. The van der Waals surface area contributed by atoms with Gasteiger partial charge in [0.25, 0.3) is 0 Å². The fraction of sp³-hybridized carbons (Fsp3) is 0.250. The monoisotopic (exact) mass is 404 g/mol. The van der Waals surface area contributed by atoms with E-state index in [1.807, 2.05) is 0 Å². The van der Waals surface area contributed by atoms with Gasteiger partial charge in [-0.3, -0.25) is 0 Å². The van der Waals surface area contributed by atoms with Gasteiger partial charge < -0.3 is 4.42 Å². The highest BCUT2D eigenvalue weighted by Gasteiger charge is 2.61. The van der Waals surface area contributed by atoms with E-state index in [9.17, 15) is 17.2 Å². The van der Waals surface area contributed by atoms with Crippen LogP contribution < -0.4 is 5.14 Å². The van der Waals surface area contributed by atoms with Crippen LogP contribution in [-0.4, -0.2) is 13.4 Å². The number of aromatic nitrogens is 1. The van der Waals surface area contributed by atoms with E-state index in [4.69, 9.17) is 9.56 Å². The first-order valence-electron chi connectivity index (χ1n) is 8.62. The fourth-order valence-electron chi connectivity index (χ4n) is 3.84. The first kappa shape index (κ1) is 18.8. The number of primary sulfonamides is 1. The Hall–Kier alpha value is -2.58. The Morgan fingerprint density at radius 1 is 1.07 bits per heavy atom. The minimum absolute atomic E-state index is 0.0508. The summed E-state index contributed by atoms with van der Waals surface area (Å²) >= 11 is 0. The van der Waals surface area contributed by atoms with E-state index in [2.05, 4.69) is 18.8 Å². The lowest BCUT2D eigenvalue weighted by Gasteiger charge is -2.04. The zero-order valence-electron chi connectivity index (χ0n) is 15.2. The van der Waals surface area contributed by atoms with Crippen molar-refractivity contribution in [2.45, 2.75) is 30.6 Å². The Labute approximate surface area is 161 Å². The third-order valence-electron chi connectivity index (χ3n) is 5.39. The molecule has 5 nitrogen and oxygen atoms in total. The molecule has 146 valence electrons. The second-order valence-electron chi connectivity index (χ2n) is 7.59. The van der Waals surface area contributed by atoms with E-state index in [1.54, 1.807) is 12.1 Å². The van der Waals surface area contributed by atoms with Gasteiger partial charge in [0.1, 0.15) is 23.6 Å². The molecule has 2 aromatic carbocycles. The molecule has 1 heterocycles. The van der Waals surface area contributed by atoms with Crippen molar-refractivity contribution in [3.8, 4) is 11.3 Å². The van der Waals surface area contributed by atoms with Gasteiger partial charge in [-0.05, 0) is 35.2 Å². The van der Waals surface area contributed by atoms with Crippen LogP contribution in [0, 0.1) is 17.0 Å². The largest absolute Gasteiger partial charge is 0.448 e. The minimum Gasteiger partial charge on any atom is -0.448 e. The van der Waals surface area contributed by atoms with Crippen molar-refractivity contribution in [2.75, 3.05) is 0 Å². The first-order valence-corrected chi connectivity index (χ1v) is 10.2. The summed E-state index contributed by atoms with van der Waals surface area (Å²) in [4.78, 5) is 4.47. The Bertz CT molecular complexity index is 1150. The van der Waals surface area contributed by atoms with Crippen LogP contribution in [0.3, 0.4) is 0 Å². The summed E-state index contributed by atoms with van der Waals surface area (Å²) in [6.45, 7) is 4.11. The van der Waals surface area contributed by atoms with Crippen molar-refractivity contribution in [1.29, 1.82) is 0 Å². The van der Waals surface area contributed by atoms with Crippen LogP contribution in [0.2, 0.25) is 0 Å². The van der Waals surface area contributed by atoms with E-state index >= 15 is 0 Å². The van der Waals surface area contributed by atoms with Gasteiger partial charge in [-0.25, -0.2) is 27.3 Å². The van der Waals surface area contributed by atoms with Gasteiger partial charge in [0.2, 0.25) is 10.0 Å². The summed E-state index contributed by atoms with van der Waals surface area (Å²) in [5.41, 5.74) is 1.24. The number of benzene rings is 2. The third-order valence-corrected chi connectivity index (χ3v) is 6.32. The standard InChI is InChI=1S/C20H18F2N2O3S/c1-20(2)17(11-3-6-13(7-4-11)28(23,25)26)18(20)19-24-16(10-27-19)14-8-5-12(21)9-15(14)22/h3-10,17-18H,1-2H3,(H2,23,25,26)/t17-,18+/m1/s1. The molecular formula is C20H18F2N2O3S. The van der Waals surface area contributed by atoms with Crippen molar-refractivity contribution in [3.05, 3.63) is 71.8 Å². The summed E-state index contributed by atoms with van der Waals surface area (Å²) in [5.74, 6) is -0.887. The first-order chi connectivity index (χ1) is 13.1. The van der Waals surface area contributed by atoms with Crippen molar-refractivity contribution in [3.63, 3.8) is 0 Å². The number of halogens is 2. The van der Waals surface area contributed by atoms with Crippen molar-refractivity contribution in [1.82, 2.24) is 4.98 Å². The maximum absolute atomic E-state index is 14.0. The van der Waals surface area contributed by atoms with Gasteiger partial charge in [0.05, 0.1) is 4.90 Å². The topological polar surface area (TPSA) is 86.2 Å². The van der Waals surface area contributed by atoms with E-state index < -0.39 is 21.7 Å². The van der Waals surface area contributed by atoms with E-state index in [-0.39, 0.29) is 27.7 Å². The Morgan fingerprint density at radius 3 is 2.36 bits per heavy atom. The summed E-state index contributed by atoms with van der Waals surface area (Å²) in [5, 5.41) is 5.14. The van der Waals surface area contributed by atoms with Crippen LogP contribution in [-0.2, 0) is 10.0 Å². The van der Waals surface area contributed by atoms with Gasteiger partial charge >= 0.3 is 0 Å². The van der Waals surface area contributed by atoms with Crippen LogP contribution in [0.25, 0.3) is 11.3 Å². The Balaban J connectivity index is 1.63.